The van der Waals surface area contributed by atoms with Gasteiger partial charge in [-0.05, 0) is 42.4 Å². The summed E-state index contributed by atoms with van der Waals surface area (Å²) in [5.41, 5.74) is 6.10. The van der Waals surface area contributed by atoms with Gasteiger partial charge in [-0.1, -0.05) is 50.8 Å². The highest BCUT2D eigenvalue weighted by molar-refractivity contribution is 5.31. The van der Waals surface area contributed by atoms with E-state index in [0.717, 1.165) is 18.7 Å². The van der Waals surface area contributed by atoms with Crippen LogP contribution in [0.25, 0.3) is 0 Å². The summed E-state index contributed by atoms with van der Waals surface area (Å²) in [5, 5.41) is 3.42. The van der Waals surface area contributed by atoms with Crippen LogP contribution < -0.4 is 5.32 Å². The molecule has 0 radical (unpaired) electrons. The van der Waals surface area contributed by atoms with Crippen molar-refractivity contribution in [2.45, 2.75) is 39.3 Å². The minimum Gasteiger partial charge on any atom is -0.388 e. The zero-order valence-electron chi connectivity index (χ0n) is 18.6. The Labute approximate surface area is 176 Å². The molecule has 2 heterocycles. The molecule has 3 atom stereocenters. The van der Waals surface area contributed by atoms with Crippen LogP contribution in [0.5, 0.6) is 0 Å². The third kappa shape index (κ3) is 5.04. The van der Waals surface area contributed by atoms with E-state index < -0.39 is 6.17 Å². The third-order valence-electron chi connectivity index (χ3n) is 6.52. The number of hydrogen-bond donors (Lipinski definition) is 1. The van der Waals surface area contributed by atoms with Crippen molar-refractivity contribution in [1.82, 2.24) is 15.1 Å². The summed E-state index contributed by atoms with van der Waals surface area (Å²) in [5.74, 6) is 1.57. The molecule has 4 heteroatoms. The van der Waals surface area contributed by atoms with Crippen LogP contribution >= 0.6 is 0 Å². The molecule has 3 rings (SSSR count). The maximum atomic E-state index is 13.4. The van der Waals surface area contributed by atoms with Crippen LogP contribution in [0.15, 0.2) is 60.1 Å². The molecule has 2 fully saturated rings. The zero-order valence-corrected chi connectivity index (χ0v) is 18.6. The summed E-state index contributed by atoms with van der Waals surface area (Å²) in [7, 11) is 4.07. The van der Waals surface area contributed by atoms with Gasteiger partial charge < -0.3 is 15.1 Å². The number of allylic oxidation sites excluding steroid dienone is 4. The van der Waals surface area contributed by atoms with Crippen LogP contribution in [-0.2, 0) is 6.42 Å². The van der Waals surface area contributed by atoms with Gasteiger partial charge in [-0.15, -0.1) is 0 Å². The summed E-state index contributed by atoms with van der Waals surface area (Å²) in [6.07, 6.45) is 4.53. The van der Waals surface area contributed by atoms with Gasteiger partial charge in [-0.2, -0.15) is 0 Å². The van der Waals surface area contributed by atoms with E-state index in [1.165, 1.54) is 22.5 Å². The molecule has 158 valence electrons. The van der Waals surface area contributed by atoms with E-state index in [9.17, 15) is 4.39 Å². The number of halogens is 1. The second kappa shape index (κ2) is 9.06. The van der Waals surface area contributed by atoms with E-state index in [1.54, 1.807) is 0 Å². The SMILES string of the molecule is C=C1NCC(C)C1C(C)c1ccc(C/C=C(\C=C(\C)N(C)C)N2CC(F)C2)cc1. The lowest BCUT2D eigenvalue weighted by Crippen LogP contribution is -2.47. The minimum atomic E-state index is -0.700. The van der Waals surface area contributed by atoms with Crippen LogP contribution in [0, 0.1) is 11.8 Å². The molecule has 3 nitrogen and oxygen atoms in total. The fraction of sp³-hybridized carbons (Fsp3) is 0.520. The Bertz CT molecular complexity index is 772. The predicted molar refractivity (Wildman–Crippen MR) is 120 cm³/mol. The highest BCUT2D eigenvalue weighted by atomic mass is 19.1. The van der Waals surface area contributed by atoms with Crippen LogP contribution in [0.2, 0.25) is 0 Å². The molecule has 2 aliphatic heterocycles. The van der Waals surface area contributed by atoms with Gasteiger partial charge >= 0.3 is 0 Å². The third-order valence-corrected chi connectivity index (χ3v) is 6.52. The van der Waals surface area contributed by atoms with E-state index in [4.69, 9.17) is 0 Å². The lowest BCUT2D eigenvalue weighted by Gasteiger charge is -2.37. The smallest absolute Gasteiger partial charge is 0.135 e. The van der Waals surface area contributed by atoms with Crippen LogP contribution in [-0.4, -0.2) is 49.7 Å². The van der Waals surface area contributed by atoms with Crippen molar-refractivity contribution in [1.29, 1.82) is 0 Å². The monoisotopic (exact) mass is 397 g/mol. The molecular formula is C25H36FN3. The van der Waals surface area contributed by atoms with Gasteiger partial charge in [0.25, 0.3) is 0 Å². The average Bonchev–Trinajstić information content (AvgIpc) is 3.00. The van der Waals surface area contributed by atoms with E-state index in [-0.39, 0.29) is 0 Å². The summed E-state index contributed by atoms with van der Waals surface area (Å²) in [6, 6.07) is 8.97. The van der Waals surface area contributed by atoms with Crippen molar-refractivity contribution < 1.29 is 4.39 Å². The van der Waals surface area contributed by atoms with E-state index in [0.29, 0.717) is 30.8 Å². The zero-order chi connectivity index (χ0) is 21.1. The Morgan fingerprint density at radius 1 is 1.31 bits per heavy atom. The molecule has 0 aliphatic carbocycles. The number of alkyl halides is 1. The van der Waals surface area contributed by atoms with Crippen molar-refractivity contribution >= 4 is 0 Å². The number of hydrogen-bond acceptors (Lipinski definition) is 3. The second-order valence-electron chi connectivity index (χ2n) is 8.95. The van der Waals surface area contributed by atoms with E-state index in [1.807, 2.05) is 14.1 Å². The summed E-state index contributed by atoms with van der Waals surface area (Å²) >= 11 is 0. The first-order chi connectivity index (χ1) is 13.8. The Morgan fingerprint density at radius 3 is 2.48 bits per heavy atom. The first-order valence-electron chi connectivity index (χ1n) is 10.7. The first-order valence-corrected chi connectivity index (χ1v) is 10.7. The summed E-state index contributed by atoms with van der Waals surface area (Å²) in [4.78, 5) is 4.21. The highest BCUT2D eigenvalue weighted by Gasteiger charge is 2.32. The fourth-order valence-electron chi connectivity index (χ4n) is 4.32. The van der Waals surface area contributed by atoms with Gasteiger partial charge in [0.1, 0.15) is 6.17 Å². The largest absolute Gasteiger partial charge is 0.388 e. The Kier molecular flexibility index (Phi) is 6.71. The molecule has 0 bridgehead atoms. The van der Waals surface area contributed by atoms with Gasteiger partial charge in [0.15, 0.2) is 0 Å². The Morgan fingerprint density at radius 2 is 1.97 bits per heavy atom. The molecule has 29 heavy (non-hydrogen) atoms. The minimum absolute atomic E-state index is 0.459. The van der Waals surface area contributed by atoms with E-state index in [2.05, 4.69) is 78.9 Å². The van der Waals surface area contributed by atoms with Crippen LogP contribution in [0.4, 0.5) is 4.39 Å². The number of benzene rings is 1. The van der Waals surface area contributed by atoms with Gasteiger partial charge in [0, 0.05) is 43.6 Å². The summed E-state index contributed by atoms with van der Waals surface area (Å²) < 4.78 is 13.4. The van der Waals surface area contributed by atoms with Crippen molar-refractivity contribution in [2.75, 3.05) is 33.7 Å². The first kappa shape index (κ1) is 21.5. The van der Waals surface area contributed by atoms with Crippen LogP contribution in [0.3, 0.4) is 0 Å². The Balaban J connectivity index is 1.70. The molecule has 0 amide bonds. The molecule has 2 aliphatic rings. The second-order valence-corrected chi connectivity index (χ2v) is 8.95. The lowest BCUT2D eigenvalue weighted by atomic mass is 9.80. The Hall–Kier alpha value is -2.23. The number of likely N-dealkylation sites (tertiary alicyclic amines) is 1. The van der Waals surface area contributed by atoms with Gasteiger partial charge in [-0.3, -0.25) is 0 Å². The van der Waals surface area contributed by atoms with Gasteiger partial charge in [0.2, 0.25) is 0 Å². The summed E-state index contributed by atoms with van der Waals surface area (Å²) in [6.45, 7) is 12.9. The fourth-order valence-corrected chi connectivity index (χ4v) is 4.32. The molecule has 1 aromatic carbocycles. The molecule has 1 aromatic rings. The predicted octanol–water partition coefficient (Wildman–Crippen LogP) is 4.70. The van der Waals surface area contributed by atoms with Crippen molar-refractivity contribution in [3.05, 3.63) is 71.2 Å². The van der Waals surface area contributed by atoms with Gasteiger partial charge in [-0.25, -0.2) is 4.39 Å². The highest BCUT2D eigenvalue weighted by Crippen LogP contribution is 2.37. The molecular weight excluding hydrogens is 361 g/mol. The van der Waals surface area contributed by atoms with Crippen molar-refractivity contribution in [2.24, 2.45) is 11.8 Å². The topological polar surface area (TPSA) is 18.5 Å². The average molecular weight is 398 g/mol. The number of nitrogens with zero attached hydrogens (tertiary/aromatic N) is 2. The molecule has 0 spiro atoms. The molecule has 2 saturated heterocycles. The van der Waals surface area contributed by atoms with E-state index >= 15 is 0 Å². The van der Waals surface area contributed by atoms with Gasteiger partial charge in [0.05, 0.1) is 13.1 Å². The molecule has 3 unspecified atom stereocenters. The molecule has 0 aromatic heterocycles. The standard InChI is InChI=1S/C25H36FN3/c1-17-14-27-20(4)25(17)19(3)22-10-7-21(8-11-22)9-12-24(13-18(2)28(5)6)29-15-23(26)16-29/h7-8,10-13,17,19,23,25,27H,4,9,14-16H2,1-3,5-6H3/b18-13-,24-12+. The number of rotatable bonds is 7. The maximum absolute atomic E-state index is 13.4. The normalized spacial score (nSPS) is 24.3. The number of nitrogens with one attached hydrogen (secondary N) is 1. The molecule has 0 saturated carbocycles. The van der Waals surface area contributed by atoms with Crippen LogP contribution in [0.1, 0.15) is 37.8 Å². The van der Waals surface area contributed by atoms with Crippen molar-refractivity contribution in [3.8, 4) is 0 Å². The quantitative estimate of drug-likeness (QED) is 0.673. The van der Waals surface area contributed by atoms with Crippen molar-refractivity contribution in [3.63, 3.8) is 0 Å². The molecule has 1 N–H and O–H groups in total. The lowest BCUT2D eigenvalue weighted by molar-refractivity contribution is 0.102. The maximum Gasteiger partial charge on any atom is 0.135 e.